The molecule has 0 unspecified atom stereocenters. The molecule has 45 heavy (non-hydrogen) atoms. The van der Waals surface area contributed by atoms with E-state index in [2.05, 4.69) is 65.3 Å². The highest BCUT2D eigenvalue weighted by Gasteiger charge is 2.35. The maximum absolute atomic E-state index is 12.9. The largest absolute Gasteiger partial charge is 0.461 e. The van der Waals surface area contributed by atoms with Gasteiger partial charge in [-0.1, -0.05) is 57.0 Å². The fourth-order valence-corrected chi connectivity index (χ4v) is 8.06. The predicted octanol–water partition coefficient (Wildman–Crippen LogP) is 6.80. The standard InChI is InChI=1S/C32H45N7O3S2Si/c1-9-42-30(40)27-28(23-18-38(19-23)17-21(2)3)44-31(33-27)37(5)26-16-22(4)29(36-35-26)34-32-39(20-41-14-15-45(6,7)8)24-12-10-11-13-25(24)43-32/h10-13,16,21,23H,9,14-15,17-20H2,1-8H3/b34-32-. The molecule has 0 bridgehead atoms. The van der Waals surface area contributed by atoms with Gasteiger partial charge in [-0.05, 0) is 49.6 Å². The summed E-state index contributed by atoms with van der Waals surface area (Å²) in [4.78, 5) is 28.7. The lowest BCUT2D eigenvalue weighted by molar-refractivity contribution is 0.0514. The van der Waals surface area contributed by atoms with Crippen molar-refractivity contribution in [2.45, 2.75) is 66.0 Å². The summed E-state index contributed by atoms with van der Waals surface area (Å²) in [5.41, 5.74) is 2.39. The van der Waals surface area contributed by atoms with Gasteiger partial charge >= 0.3 is 5.97 Å². The second-order valence-electron chi connectivity index (χ2n) is 13.2. The van der Waals surface area contributed by atoms with Gasteiger partial charge in [0.15, 0.2) is 27.3 Å². The van der Waals surface area contributed by atoms with Crippen LogP contribution in [0.5, 0.6) is 0 Å². The smallest absolute Gasteiger partial charge is 0.358 e. The number of fused-ring (bicyclic) bond motifs is 1. The van der Waals surface area contributed by atoms with Gasteiger partial charge in [0.1, 0.15) is 6.73 Å². The Morgan fingerprint density at radius 2 is 1.93 bits per heavy atom. The minimum Gasteiger partial charge on any atom is -0.461 e. The van der Waals surface area contributed by atoms with Crippen LogP contribution in [0.4, 0.5) is 16.8 Å². The Bertz CT molecular complexity index is 1700. The topological polar surface area (TPSA) is 98.0 Å². The van der Waals surface area contributed by atoms with Gasteiger partial charge in [-0.25, -0.2) is 9.78 Å². The second kappa shape index (κ2) is 14.2. The van der Waals surface area contributed by atoms with Gasteiger partial charge in [-0.15, -0.1) is 21.5 Å². The number of ether oxygens (including phenoxy) is 2. The lowest BCUT2D eigenvalue weighted by atomic mass is 9.95. The molecule has 5 rings (SSSR count). The van der Waals surface area contributed by atoms with Gasteiger partial charge in [0.2, 0.25) is 0 Å². The van der Waals surface area contributed by atoms with Gasteiger partial charge in [0.25, 0.3) is 0 Å². The van der Waals surface area contributed by atoms with Gasteiger partial charge in [-0.3, -0.25) is 4.57 Å². The van der Waals surface area contributed by atoms with E-state index in [1.807, 2.05) is 44.0 Å². The Labute approximate surface area is 274 Å². The maximum atomic E-state index is 12.9. The Morgan fingerprint density at radius 1 is 1.18 bits per heavy atom. The van der Waals surface area contributed by atoms with E-state index >= 15 is 0 Å². The van der Waals surface area contributed by atoms with E-state index in [4.69, 9.17) is 19.5 Å². The lowest BCUT2D eigenvalue weighted by Crippen LogP contribution is -2.46. The molecule has 10 nitrogen and oxygen atoms in total. The first-order chi connectivity index (χ1) is 21.4. The highest BCUT2D eigenvalue weighted by Crippen LogP contribution is 2.39. The fourth-order valence-electron chi connectivity index (χ4n) is 5.18. The summed E-state index contributed by atoms with van der Waals surface area (Å²) in [5.74, 6) is 1.69. The SMILES string of the molecule is CCOC(=O)c1nc(N(C)c2cc(C)c(/N=c3\sc4ccccc4n3COCC[Si](C)(C)C)nn2)sc1C1CN(CC(C)C)C1. The molecular formula is C32H45N7O3S2Si. The highest BCUT2D eigenvalue weighted by atomic mass is 32.1. The fraction of sp³-hybridized carbons (Fsp3) is 0.531. The third-order valence-electron chi connectivity index (χ3n) is 7.64. The summed E-state index contributed by atoms with van der Waals surface area (Å²) < 4.78 is 14.8. The zero-order chi connectivity index (χ0) is 32.3. The zero-order valence-corrected chi connectivity index (χ0v) is 30.3. The number of benzene rings is 1. The van der Waals surface area contributed by atoms with Crippen molar-refractivity contribution < 1.29 is 14.3 Å². The van der Waals surface area contributed by atoms with Gasteiger partial charge < -0.3 is 19.3 Å². The van der Waals surface area contributed by atoms with Crippen LogP contribution in [0, 0.1) is 12.8 Å². The average Bonchev–Trinajstić information content (AvgIpc) is 3.55. The van der Waals surface area contributed by atoms with E-state index in [0.29, 0.717) is 41.7 Å². The number of hydrogen-bond acceptors (Lipinski definition) is 11. The molecule has 1 aliphatic heterocycles. The first kappa shape index (κ1) is 33.4. The minimum absolute atomic E-state index is 0.268. The summed E-state index contributed by atoms with van der Waals surface area (Å²) in [5, 5.41) is 9.75. The number of esters is 1. The molecule has 0 saturated carbocycles. The van der Waals surface area contributed by atoms with E-state index in [-0.39, 0.29) is 11.9 Å². The molecule has 4 aromatic rings. The van der Waals surface area contributed by atoms with Crippen molar-refractivity contribution in [1.82, 2.24) is 24.6 Å². The van der Waals surface area contributed by atoms with Crippen molar-refractivity contribution in [3.05, 3.63) is 51.3 Å². The number of aromatic nitrogens is 4. The molecular weight excluding hydrogens is 623 g/mol. The summed E-state index contributed by atoms with van der Waals surface area (Å²) in [6.07, 6.45) is 0. The number of para-hydroxylation sites is 1. The van der Waals surface area contributed by atoms with Crippen LogP contribution in [0.25, 0.3) is 10.2 Å². The number of nitrogens with zero attached hydrogens (tertiary/aromatic N) is 7. The van der Waals surface area contributed by atoms with Crippen molar-refractivity contribution in [1.29, 1.82) is 0 Å². The first-order valence-electron chi connectivity index (χ1n) is 15.6. The number of carbonyl (C=O) groups excluding carboxylic acids is 1. The summed E-state index contributed by atoms with van der Waals surface area (Å²) in [6, 6.07) is 11.4. The molecule has 0 amide bonds. The Balaban J connectivity index is 1.39. The third kappa shape index (κ3) is 8.06. The molecule has 3 aromatic heterocycles. The van der Waals surface area contributed by atoms with E-state index < -0.39 is 8.07 Å². The summed E-state index contributed by atoms with van der Waals surface area (Å²) in [7, 11) is 0.719. The quantitative estimate of drug-likeness (QED) is 0.0873. The van der Waals surface area contributed by atoms with Crippen LogP contribution in [0.2, 0.25) is 25.7 Å². The van der Waals surface area contributed by atoms with Gasteiger partial charge in [-0.2, -0.15) is 4.99 Å². The molecule has 0 N–H and O–H groups in total. The van der Waals surface area contributed by atoms with Gasteiger partial charge in [0.05, 0.1) is 16.8 Å². The summed E-state index contributed by atoms with van der Waals surface area (Å²) in [6.45, 7) is 19.7. The van der Waals surface area contributed by atoms with Crippen molar-refractivity contribution in [3.63, 3.8) is 0 Å². The van der Waals surface area contributed by atoms with Crippen LogP contribution in [-0.2, 0) is 16.2 Å². The van der Waals surface area contributed by atoms with Crippen LogP contribution in [0.3, 0.4) is 0 Å². The normalized spacial score (nSPS) is 14.8. The zero-order valence-electron chi connectivity index (χ0n) is 27.7. The molecule has 13 heteroatoms. The molecule has 1 fully saturated rings. The monoisotopic (exact) mass is 667 g/mol. The maximum Gasteiger partial charge on any atom is 0.358 e. The van der Waals surface area contributed by atoms with Crippen molar-refractivity contribution in [2.75, 3.05) is 44.8 Å². The van der Waals surface area contributed by atoms with Crippen LogP contribution < -0.4 is 9.70 Å². The Hall–Kier alpha value is -2.97. The first-order valence-corrected chi connectivity index (χ1v) is 21.0. The molecule has 0 aliphatic carbocycles. The molecule has 0 radical (unpaired) electrons. The van der Waals surface area contributed by atoms with Crippen LogP contribution >= 0.6 is 22.7 Å². The number of anilines is 2. The third-order valence-corrected chi connectivity index (χ3v) is 11.7. The molecule has 1 saturated heterocycles. The van der Waals surface area contributed by atoms with E-state index in [1.165, 1.54) is 11.3 Å². The van der Waals surface area contributed by atoms with Gasteiger partial charge in [0, 0.05) is 52.2 Å². The van der Waals surface area contributed by atoms with Crippen LogP contribution in [0.15, 0.2) is 35.3 Å². The number of aryl methyl sites for hydroxylation is 1. The predicted molar refractivity (Wildman–Crippen MR) is 186 cm³/mol. The molecule has 0 spiro atoms. The van der Waals surface area contributed by atoms with Crippen molar-refractivity contribution >= 4 is 63.7 Å². The number of thiazole rings is 2. The molecule has 1 aliphatic rings. The Kier molecular flexibility index (Phi) is 10.5. The molecule has 242 valence electrons. The average molecular weight is 668 g/mol. The number of likely N-dealkylation sites (tertiary alicyclic amines) is 1. The Morgan fingerprint density at radius 3 is 2.62 bits per heavy atom. The molecule has 4 heterocycles. The van der Waals surface area contributed by atoms with Crippen molar-refractivity contribution in [3.8, 4) is 0 Å². The number of rotatable bonds is 13. The minimum atomic E-state index is -1.18. The lowest BCUT2D eigenvalue weighted by Gasteiger charge is -2.39. The number of carbonyl (C=O) groups is 1. The van der Waals surface area contributed by atoms with Crippen LogP contribution in [0.1, 0.15) is 47.6 Å². The molecule has 1 aromatic carbocycles. The second-order valence-corrected chi connectivity index (χ2v) is 20.9. The van der Waals surface area contributed by atoms with E-state index in [0.717, 1.165) is 57.7 Å². The molecule has 0 atom stereocenters. The summed E-state index contributed by atoms with van der Waals surface area (Å²) >= 11 is 3.15. The van der Waals surface area contributed by atoms with Crippen LogP contribution in [-0.4, -0.2) is 78.6 Å². The number of hydrogen-bond donors (Lipinski definition) is 0. The van der Waals surface area contributed by atoms with E-state index in [9.17, 15) is 4.79 Å². The van der Waals surface area contributed by atoms with E-state index in [1.54, 1.807) is 11.3 Å². The van der Waals surface area contributed by atoms with Crippen molar-refractivity contribution in [2.24, 2.45) is 10.9 Å². The highest BCUT2D eigenvalue weighted by molar-refractivity contribution is 7.16.